The molecule has 1 aromatic heterocycles. The fourth-order valence-corrected chi connectivity index (χ4v) is 3.44. The molecule has 0 saturated heterocycles. The number of H-pyrrole nitrogens is 1. The van der Waals surface area contributed by atoms with E-state index in [4.69, 9.17) is 0 Å². The Morgan fingerprint density at radius 3 is 2.88 bits per heavy atom. The van der Waals surface area contributed by atoms with E-state index in [1.54, 1.807) is 0 Å². The molecule has 0 aliphatic carbocycles. The molecular formula is C21H24N4. The number of rotatable bonds is 4. The first kappa shape index (κ1) is 15.9. The number of aromatic nitrogens is 2. The van der Waals surface area contributed by atoms with E-state index in [9.17, 15) is 0 Å². The standard InChI is InChI=1S/C21H24N4/c1-25-11-5-8-16-9-10-19(12-18(16)15-25)22-14-21-23-13-20(24-21)17-6-3-2-4-7-17/h2-4,6-7,9-10,12-13,22H,5,8,11,14-15H2,1H3,(H,23,24). The van der Waals surface area contributed by atoms with Gasteiger partial charge in [0.05, 0.1) is 18.4 Å². The molecule has 0 atom stereocenters. The minimum absolute atomic E-state index is 0.696. The van der Waals surface area contributed by atoms with Gasteiger partial charge in [-0.1, -0.05) is 36.4 Å². The molecule has 0 saturated carbocycles. The first-order chi connectivity index (χ1) is 12.3. The van der Waals surface area contributed by atoms with Crippen molar-refractivity contribution >= 4 is 5.69 Å². The van der Waals surface area contributed by atoms with Crippen molar-refractivity contribution in [3.05, 3.63) is 71.7 Å². The molecule has 0 spiro atoms. The smallest absolute Gasteiger partial charge is 0.125 e. The molecular weight excluding hydrogens is 308 g/mol. The topological polar surface area (TPSA) is 44.0 Å². The molecule has 0 amide bonds. The van der Waals surface area contributed by atoms with Crippen LogP contribution in [-0.4, -0.2) is 28.5 Å². The van der Waals surface area contributed by atoms with Crippen molar-refractivity contribution in [2.24, 2.45) is 0 Å². The van der Waals surface area contributed by atoms with Crippen LogP contribution >= 0.6 is 0 Å². The maximum atomic E-state index is 4.50. The van der Waals surface area contributed by atoms with Crippen LogP contribution in [0, 0.1) is 0 Å². The summed E-state index contributed by atoms with van der Waals surface area (Å²) in [7, 11) is 2.20. The van der Waals surface area contributed by atoms with Crippen molar-refractivity contribution in [3.63, 3.8) is 0 Å². The quantitative estimate of drug-likeness (QED) is 0.757. The summed E-state index contributed by atoms with van der Waals surface area (Å²) < 4.78 is 0. The van der Waals surface area contributed by atoms with Crippen LogP contribution in [0.25, 0.3) is 11.3 Å². The van der Waals surface area contributed by atoms with Crippen LogP contribution in [0.15, 0.2) is 54.7 Å². The lowest BCUT2D eigenvalue weighted by atomic mass is 10.0. The van der Waals surface area contributed by atoms with E-state index in [-0.39, 0.29) is 0 Å². The molecule has 2 heterocycles. The van der Waals surface area contributed by atoms with Gasteiger partial charge in [0.15, 0.2) is 0 Å². The lowest BCUT2D eigenvalue weighted by Crippen LogP contribution is -2.17. The molecule has 25 heavy (non-hydrogen) atoms. The van der Waals surface area contributed by atoms with E-state index in [1.165, 1.54) is 30.5 Å². The van der Waals surface area contributed by atoms with Crippen LogP contribution in [0.2, 0.25) is 0 Å². The van der Waals surface area contributed by atoms with Crippen LogP contribution in [0.1, 0.15) is 23.4 Å². The molecule has 4 nitrogen and oxygen atoms in total. The van der Waals surface area contributed by atoms with Gasteiger partial charge in [0.1, 0.15) is 5.82 Å². The summed E-state index contributed by atoms with van der Waals surface area (Å²) in [6.07, 6.45) is 4.32. The first-order valence-electron chi connectivity index (χ1n) is 8.91. The summed E-state index contributed by atoms with van der Waals surface area (Å²) >= 11 is 0. The van der Waals surface area contributed by atoms with Crippen molar-refractivity contribution in [2.45, 2.75) is 25.9 Å². The molecule has 2 aromatic carbocycles. The minimum Gasteiger partial charge on any atom is -0.378 e. The molecule has 2 N–H and O–H groups in total. The number of anilines is 1. The van der Waals surface area contributed by atoms with Gasteiger partial charge in [-0.2, -0.15) is 0 Å². The molecule has 0 fully saturated rings. The number of imidazole rings is 1. The zero-order chi connectivity index (χ0) is 17.1. The monoisotopic (exact) mass is 332 g/mol. The molecule has 4 heteroatoms. The Morgan fingerprint density at radius 2 is 2.00 bits per heavy atom. The highest BCUT2D eigenvalue weighted by molar-refractivity contribution is 5.58. The van der Waals surface area contributed by atoms with Gasteiger partial charge in [0.25, 0.3) is 0 Å². The second-order valence-electron chi connectivity index (χ2n) is 6.79. The molecule has 1 aliphatic rings. The highest BCUT2D eigenvalue weighted by Crippen LogP contribution is 2.22. The molecule has 4 rings (SSSR count). The van der Waals surface area contributed by atoms with Crippen molar-refractivity contribution in [1.82, 2.24) is 14.9 Å². The van der Waals surface area contributed by atoms with E-state index in [2.05, 4.69) is 57.6 Å². The Morgan fingerprint density at radius 1 is 1.12 bits per heavy atom. The third-order valence-corrected chi connectivity index (χ3v) is 4.81. The van der Waals surface area contributed by atoms with E-state index >= 15 is 0 Å². The van der Waals surface area contributed by atoms with Crippen LogP contribution in [0.5, 0.6) is 0 Å². The highest BCUT2D eigenvalue weighted by atomic mass is 15.1. The van der Waals surface area contributed by atoms with Gasteiger partial charge in [0, 0.05) is 12.2 Å². The average Bonchev–Trinajstić information content (AvgIpc) is 3.03. The second kappa shape index (κ2) is 7.11. The van der Waals surface area contributed by atoms with Gasteiger partial charge in [0.2, 0.25) is 0 Å². The normalized spacial score (nSPS) is 14.8. The third kappa shape index (κ3) is 3.74. The van der Waals surface area contributed by atoms with Crippen LogP contribution < -0.4 is 5.32 Å². The Bertz CT molecular complexity index is 838. The molecule has 0 bridgehead atoms. The van der Waals surface area contributed by atoms with E-state index in [0.29, 0.717) is 6.54 Å². The van der Waals surface area contributed by atoms with Crippen molar-refractivity contribution < 1.29 is 0 Å². The van der Waals surface area contributed by atoms with Gasteiger partial charge < -0.3 is 15.2 Å². The zero-order valence-electron chi connectivity index (χ0n) is 14.6. The SMILES string of the molecule is CN1CCCc2ccc(NCc3ncc(-c4ccccc4)[nH]3)cc2C1. The molecule has 0 radical (unpaired) electrons. The number of aryl methyl sites for hydroxylation is 1. The number of fused-ring (bicyclic) bond motifs is 1. The molecule has 3 aromatic rings. The maximum Gasteiger partial charge on any atom is 0.125 e. The number of aromatic amines is 1. The predicted molar refractivity (Wildman–Crippen MR) is 102 cm³/mol. The zero-order valence-corrected chi connectivity index (χ0v) is 14.6. The number of hydrogen-bond donors (Lipinski definition) is 2. The Hall–Kier alpha value is -2.59. The first-order valence-corrected chi connectivity index (χ1v) is 8.91. The van der Waals surface area contributed by atoms with E-state index in [1.807, 2.05) is 24.4 Å². The van der Waals surface area contributed by atoms with Gasteiger partial charge in [-0.05, 0) is 55.3 Å². The fourth-order valence-electron chi connectivity index (χ4n) is 3.44. The number of nitrogens with zero attached hydrogens (tertiary/aromatic N) is 2. The van der Waals surface area contributed by atoms with Crippen molar-refractivity contribution in [1.29, 1.82) is 0 Å². The summed E-state index contributed by atoms with van der Waals surface area (Å²) in [5.41, 5.74) is 6.30. The van der Waals surface area contributed by atoms with Gasteiger partial charge in [-0.25, -0.2) is 4.98 Å². The Balaban J connectivity index is 1.44. The summed E-state index contributed by atoms with van der Waals surface area (Å²) in [5.74, 6) is 0.950. The Labute approximate surface area is 148 Å². The highest BCUT2D eigenvalue weighted by Gasteiger charge is 2.12. The predicted octanol–water partition coefficient (Wildman–Crippen LogP) is 4.07. The number of nitrogens with one attached hydrogen (secondary N) is 2. The van der Waals surface area contributed by atoms with Crippen LogP contribution in [0.3, 0.4) is 0 Å². The van der Waals surface area contributed by atoms with Gasteiger partial charge in [-0.15, -0.1) is 0 Å². The van der Waals surface area contributed by atoms with Crippen LogP contribution in [0.4, 0.5) is 5.69 Å². The lowest BCUT2D eigenvalue weighted by molar-refractivity contribution is 0.332. The molecule has 0 unspecified atom stereocenters. The van der Waals surface area contributed by atoms with Gasteiger partial charge >= 0.3 is 0 Å². The number of benzene rings is 2. The largest absolute Gasteiger partial charge is 0.378 e. The van der Waals surface area contributed by atoms with E-state index < -0.39 is 0 Å². The molecule has 128 valence electrons. The summed E-state index contributed by atoms with van der Waals surface area (Å²) in [5, 5.41) is 3.50. The third-order valence-electron chi connectivity index (χ3n) is 4.81. The minimum atomic E-state index is 0.696. The second-order valence-corrected chi connectivity index (χ2v) is 6.79. The fraction of sp³-hybridized carbons (Fsp3) is 0.286. The summed E-state index contributed by atoms with van der Waals surface area (Å²) in [6, 6.07) is 17.0. The maximum absolute atomic E-state index is 4.50. The van der Waals surface area contributed by atoms with Crippen LogP contribution in [-0.2, 0) is 19.5 Å². The number of hydrogen-bond acceptors (Lipinski definition) is 3. The lowest BCUT2D eigenvalue weighted by Gasteiger charge is -2.14. The van der Waals surface area contributed by atoms with Gasteiger partial charge in [-0.3, -0.25) is 0 Å². The molecule has 1 aliphatic heterocycles. The van der Waals surface area contributed by atoms with Crippen molar-refractivity contribution in [3.8, 4) is 11.3 Å². The Kier molecular flexibility index (Phi) is 4.53. The summed E-state index contributed by atoms with van der Waals surface area (Å²) in [4.78, 5) is 10.3. The van der Waals surface area contributed by atoms with Crippen molar-refractivity contribution in [2.75, 3.05) is 18.9 Å². The van der Waals surface area contributed by atoms with E-state index in [0.717, 1.165) is 29.3 Å². The average molecular weight is 332 g/mol. The summed E-state index contributed by atoms with van der Waals surface area (Å²) in [6.45, 7) is 2.90.